The molecule has 0 bridgehead atoms. The number of aryl methyl sites for hydroxylation is 1. The third-order valence-corrected chi connectivity index (χ3v) is 4.98. The second-order valence-electron chi connectivity index (χ2n) is 6.00. The largest absolute Gasteiger partial charge is 0.383 e. The highest BCUT2D eigenvalue weighted by molar-refractivity contribution is 7.13. The third-order valence-electron chi connectivity index (χ3n) is 4.11. The van der Waals surface area contributed by atoms with Crippen LogP contribution in [0.15, 0.2) is 23.6 Å². The van der Waals surface area contributed by atoms with Gasteiger partial charge in [-0.05, 0) is 43.5 Å². The Morgan fingerprint density at radius 3 is 2.88 bits per heavy atom. The molecule has 25 heavy (non-hydrogen) atoms. The molecule has 132 valence electrons. The highest BCUT2D eigenvalue weighted by atomic mass is 32.1. The van der Waals surface area contributed by atoms with E-state index in [1.807, 2.05) is 37.4 Å². The van der Waals surface area contributed by atoms with E-state index in [1.54, 1.807) is 18.4 Å². The molecule has 1 atom stereocenters. The molecule has 0 N–H and O–H groups in total. The number of aromatic nitrogens is 5. The van der Waals surface area contributed by atoms with Crippen molar-refractivity contribution >= 4 is 17.1 Å². The van der Waals surface area contributed by atoms with E-state index in [9.17, 15) is 4.79 Å². The highest BCUT2D eigenvalue weighted by Crippen LogP contribution is 2.22. The Kier molecular flexibility index (Phi) is 5.10. The van der Waals surface area contributed by atoms with E-state index in [1.165, 1.54) is 4.80 Å². The molecular formula is C17H21N5O2S. The molecule has 0 fully saturated rings. The monoisotopic (exact) mass is 359 g/mol. The van der Waals surface area contributed by atoms with Crippen LogP contribution in [0.5, 0.6) is 0 Å². The van der Waals surface area contributed by atoms with E-state index < -0.39 is 0 Å². The van der Waals surface area contributed by atoms with Gasteiger partial charge >= 0.3 is 0 Å². The summed E-state index contributed by atoms with van der Waals surface area (Å²) in [6.07, 6.45) is 0. The van der Waals surface area contributed by atoms with Crippen molar-refractivity contribution in [1.29, 1.82) is 0 Å². The number of hydrogen-bond acceptors (Lipinski definition) is 6. The molecule has 3 heterocycles. The maximum Gasteiger partial charge on any atom is 0.214 e. The van der Waals surface area contributed by atoms with Crippen LogP contribution in [0.2, 0.25) is 0 Å². The zero-order valence-electron chi connectivity index (χ0n) is 14.8. The molecular weight excluding hydrogens is 338 g/mol. The summed E-state index contributed by atoms with van der Waals surface area (Å²) in [5, 5.41) is 14.3. The van der Waals surface area contributed by atoms with E-state index in [2.05, 4.69) is 26.9 Å². The third kappa shape index (κ3) is 3.54. The van der Waals surface area contributed by atoms with Gasteiger partial charge in [0.25, 0.3) is 0 Å². The van der Waals surface area contributed by atoms with Gasteiger partial charge in [-0.3, -0.25) is 4.79 Å². The summed E-state index contributed by atoms with van der Waals surface area (Å²) < 4.78 is 7.36. The van der Waals surface area contributed by atoms with Crippen molar-refractivity contribution in [2.75, 3.05) is 13.7 Å². The van der Waals surface area contributed by atoms with Crippen molar-refractivity contribution in [3.05, 3.63) is 40.5 Å². The molecule has 0 saturated heterocycles. The number of hydrogen-bond donors (Lipinski definition) is 0. The van der Waals surface area contributed by atoms with Crippen LogP contribution in [0.4, 0.5) is 0 Å². The first-order valence-corrected chi connectivity index (χ1v) is 8.91. The number of tetrazole rings is 1. The van der Waals surface area contributed by atoms with Gasteiger partial charge in [-0.1, -0.05) is 6.07 Å². The molecule has 0 radical (unpaired) electrons. The number of carbonyl (C=O) groups is 1. The lowest BCUT2D eigenvalue weighted by atomic mass is 10.1. The molecule has 0 saturated carbocycles. The number of methoxy groups -OCH3 is 1. The van der Waals surface area contributed by atoms with Gasteiger partial charge in [-0.15, -0.1) is 21.5 Å². The number of carbonyl (C=O) groups excluding carboxylic acids is 1. The molecule has 3 rings (SSSR count). The van der Waals surface area contributed by atoms with E-state index in [-0.39, 0.29) is 18.4 Å². The van der Waals surface area contributed by atoms with E-state index in [0.29, 0.717) is 18.0 Å². The molecule has 3 aromatic rings. The van der Waals surface area contributed by atoms with E-state index in [4.69, 9.17) is 4.74 Å². The molecule has 0 spiro atoms. The van der Waals surface area contributed by atoms with Crippen LogP contribution >= 0.6 is 11.3 Å². The summed E-state index contributed by atoms with van der Waals surface area (Å²) in [4.78, 5) is 15.0. The van der Waals surface area contributed by atoms with Crippen LogP contribution in [-0.2, 0) is 11.3 Å². The minimum absolute atomic E-state index is 0.0286. The van der Waals surface area contributed by atoms with Crippen molar-refractivity contribution < 1.29 is 9.53 Å². The van der Waals surface area contributed by atoms with Crippen molar-refractivity contribution in [3.63, 3.8) is 0 Å². The summed E-state index contributed by atoms with van der Waals surface area (Å²) in [6, 6.07) is 5.95. The summed E-state index contributed by atoms with van der Waals surface area (Å²) in [7, 11) is 1.68. The molecule has 0 amide bonds. The molecule has 8 heteroatoms. The van der Waals surface area contributed by atoms with E-state index >= 15 is 0 Å². The number of rotatable bonds is 7. The van der Waals surface area contributed by atoms with Crippen LogP contribution < -0.4 is 0 Å². The Bertz CT molecular complexity index is 866. The van der Waals surface area contributed by atoms with Gasteiger partial charge in [0.15, 0.2) is 5.78 Å². The van der Waals surface area contributed by atoms with Crippen molar-refractivity contribution in [1.82, 2.24) is 24.8 Å². The lowest BCUT2D eigenvalue weighted by Gasteiger charge is -2.17. The number of ether oxygens (including phenoxy) is 1. The topological polar surface area (TPSA) is 74.8 Å². The first-order chi connectivity index (χ1) is 12.0. The Hall–Kier alpha value is -2.32. The van der Waals surface area contributed by atoms with Gasteiger partial charge in [0.1, 0.15) is 6.54 Å². The highest BCUT2D eigenvalue weighted by Gasteiger charge is 2.20. The standard InChI is InChI=1S/C17H21N5O2S/c1-11-8-14(13(3)22(11)12(2)10-24-4)15(23)9-21-19-17(18-20-21)16-6-5-7-25-16/h5-8,12H,9-10H2,1-4H3/t12-/m0/s1. The van der Waals surface area contributed by atoms with Crippen molar-refractivity contribution in [2.24, 2.45) is 0 Å². The first-order valence-electron chi connectivity index (χ1n) is 8.03. The summed E-state index contributed by atoms with van der Waals surface area (Å²) in [5.41, 5.74) is 2.66. The molecule has 0 aliphatic heterocycles. The number of Topliss-reactive ketones (excluding diaryl/α,β-unsaturated/α-hetero) is 1. The Morgan fingerprint density at radius 1 is 1.40 bits per heavy atom. The van der Waals surface area contributed by atoms with Crippen LogP contribution in [0.1, 0.15) is 34.7 Å². The molecule has 3 aromatic heterocycles. The minimum Gasteiger partial charge on any atom is -0.383 e. The second-order valence-corrected chi connectivity index (χ2v) is 6.95. The maximum atomic E-state index is 12.7. The SMILES string of the molecule is COC[C@H](C)n1c(C)cc(C(=O)Cn2nnc(-c3cccs3)n2)c1C. The van der Waals surface area contributed by atoms with E-state index in [0.717, 1.165) is 16.3 Å². The maximum absolute atomic E-state index is 12.7. The predicted molar refractivity (Wildman–Crippen MR) is 96.0 cm³/mol. The Balaban J connectivity index is 1.79. The van der Waals surface area contributed by atoms with Crippen LogP contribution in [0.3, 0.4) is 0 Å². The number of nitrogens with zero attached hydrogens (tertiary/aromatic N) is 5. The zero-order valence-corrected chi connectivity index (χ0v) is 15.6. The molecule has 0 unspecified atom stereocenters. The van der Waals surface area contributed by atoms with Gasteiger partial charge in [-0.2, -0.15) is 4.80 Å². The van der Waals surface area contributed by atoms with Gasteiger partial charge in [0, 0.05) is 24.1 Å². The second kappa shape index (κ2) is 7.28. The Morgan fingerprint density at radius 2 is 2.20 bits per heavy atom. The van der Waals surface area contributed by atoms with Gasteiger partial charge in [-0.25, -0.2) is 0 Å². The smallest absolute Gasteiger partial charge is 0.214 e. The molecule has 0 aromatic carbocycles. The fourth-order valence-electron chi connectivity index (χ4n) is 3.08. The summed E-state index contributed by atoms with van der Waals surface area (Å²) >= 11 is 1.54. The average Bonchev–Trinajstić information content (AvgIpc) is 3.28. The summed E-state index contributed by atoms with van der Waals surface area (Å²) in [5.74, 6) is 0.515. The van der Waals surface area contributed by atoms with Gasteiger partial charge in [0.05, 0.1) is 17.5 Å². The first kappa shape index (κ1) is 17.5. The molecule has 7 nitrogen and oxygen atoms in total. The van der Waals surface area contributed by atoms with Gasteiger partial charge in [0.2, 0.25) is 5.82 Å². The van der Waals surface area contributed by atoms with Crippen molar-refractivity contribution in [3.8, 4) is 10.7 Å². The molecule has 0 aliphatic carbocycles. The lowest BCUT2D eigenvalue weighted by Crippen LogP contribution is -2.16. The predicted octanol–water partition coefficient (Wildman–Crippen LogP) is 2.91. The minimum atomic E-state index is -0.0286. The fourth-order valence-corrected chi connectivity index (χ4v) is 3.73. The van der Waals surface area contributed by atoms with Crippen LogP contribution in [-0.4, -0.2) is 44.3 Å². The normalized spacial score (nSPS) is 12.5. The van der Waals surface area contributed by atoms with Crippen LogP contribution in [0.25, 0.3) is 10.7 Å². The summed E-state index contributed by atoms with van der Waals surface area (Å²) in [6.45, 7) is 6.70. The molecule has 0 aliphatic rings. The zero-order chi connectivity index (χ0) is 18.0. The fraction of sp³-hybridized carbons (Fsp3) is 0.412. The number of thiophene rings is 1. The van der Waals surface area contributed by atoms with Gasteiger partial charge < -0.3 is 9.30 Å². The quantitative estimate of drug-likeness (QED) is 0.606. The average molecular weight is 359 g/mol. The van der Waals surface area contributed by atoms with Crippen LogP contribution in [0, 0.1) is 13.8 Å². The lowest BCUT2D eigenvalue weighted by molar-refractivity contribution is 0.0960. The van der Waals surface area contributed by atoms with Crippen molar-refractivity contribution in [2.45, 2.75) is 33.4 Å². The number of ketones is 1. The Labute approximate surface area is 150 Å².